The lowest BCUT2D eigenvalue weighted by atomic mass is 10.1. The van der Waals surface area contributed by atoms with Crippen LogP contribution < -0.4 is 9.47 Å². The number of thioether (sulfide) groups is 1. The van der Waals surface area contributed by atoms with Crippen molar-refractivity contribution in [2.75, 3.05) is 19.5 Å². The van der Waals surface area contributed by atoms with Gasteiger partial charge in [0.25, 0.3) is 0 Å². The number of aromatic nitrogens is 1. The smallest absolute Gasteiger partial charge is 0.224 e. The third kappa shape index (κ3) is 4.07. The summed E-state index contributed by atoms with van der Waals surface area (Å²) in [7, 11) is 1.63. The molecule has 1 unspecified atom stereocenters. The van der Waals surface area contributed by atoms with Crippen LogP contribution >= 0.6 is 11.8 Å². The van der Waals surface area contributed by atoms with E-state index in [4.69, 9.17) is 9.47 Å². The molecule has 0 N–H and O–H groups in total. The average molecular weight is 358 g/mol. The third-order valence-corrected chi connectivity index (χ3v) is 5.33. The quantitative estimate of drug-likeness (QED) is 0.789. The first-order valence-corrected chi connectivity index (χ1v) is 9.38. The molecule has 1 saturated heterocycles. The molecule has 0 bridgehead atoms. The standard InChI is InChI=1S/C19H22N2O3S/c1-3-24-17-11-15(6-7-16(17)23-2)19-21(18(22)8-10-25-19)13-14-5-4-9-20-12-14/h4-7,9,11-12,19H,3,8,10,13H2,1-2H3. The maximum atomic E-state index is 12.6. The Labute approximate surface area is 152 Å². The van der Waals surface area contributed by atoms with Crippen LogP contribution in [0.15, 0.2) is 42.7 Å². The molecule has 0 aliphatic carbocycles. The van der Waals surface area contributed by atoms with Gasteiger partial charge in [-0.05, 0) is 36.2 Å². The second-order valence-corrected chi connectivity index (χ2v) is 6.89. The molecule has 1 fully saturated rings. The summed E-state index contributed by atoms with van der Waals surface area (Å²) in [6.07, 6.45) is 4.12. The molecule has 2 aromatic rings. The van der Waals surface area contributed by atoms with Crippen LogP contribution in [0.2, 0.25) is 0 Å². The van der Waals surface area contributed by atoms with E-state index < -0.39 is 0 Å². The summed E-state index contributed by atoms with van der Waals surface area (Å²) in [5, 5.41) is -0.0356. The Morgan fingerprint density at radius 1 is 1.32 bits per heavy atom. The zero-order chi connectivity index (χ0) is 17.6. The molecule has 0 saturated carbocycles. The van der Waals surface area contributed by atoms with Crippen molar-refractivity contribution in [3.63, 3.8) is 0 Å². The van der Waals surface area contributed by atoms with Gasteiger partial charge in [-0.3, -0.25) is 9.78 Å². The van der Waals surface area contributed by atoms with Gasteiger partial charge in [0, 0.05) is 31.1 Å². The van der Waals surface area contributed by atoms with Crippen LogP contribution in [-0.2, 0) is 11.3 Å². The largest absolute Gasteiger partial charge is 0.493 e. The van der Waals surface area contributed by atoms with E-state index in [0.29, 0.717) is 31.1 Å². The molecule has 0 radical (unpaired) electrons. The second kappa shape index (κ2) is 8.25. The van der Waals surface area contributed by atoms with E-state index >= 15 is 0 Å². The van der Waals surface area contributed by atoms with E-state index in [-0.39, 0.29) is 11.3 Å². The zero-order valence-corrected chi connectivity index (χ0v) is 15.3. The molecular formula is C19H22N2O3S. The van der Waals surface area contributed by atoms with Crippen LogP contribution in [0.25, 0.3) is 0 Å². The monoisotopic (exact) mass is 358 g/mol. The number of rotatable bonds is 6. The van der Waals surface area contributed by atoms with E-state index in [1.54, 1.807) is 25.1 Å². The number of benzene rings is 1. The fraction of sp³-hybridized carbons (Fsp3) is 0.368. The minimum Gasteiger partial charge on any atom is -0.493 e. The first-order chi connectivity index (χ1) is 12.2. The van der Waals surface area contributed by atoms with Gasteiger partial charge in [-0.25, -0.2) is 0 Å². The number of nitrogens with zero attached hydrogens (tertiary/aromatic N) is 2. The molecule has 25 heavy (non-hydrogen) atoms. The Morgan fingerprint density at radius 2 is 2.20 bits per heavy atom. The number of carbonyl (C=O) groups excluding carboxylic acids is 1. The third-order valence-electron chi connectivity index (χ3n) is 4.04. The molecule has 6 heteroatoms. The SMILES string of the molecule is CCOc1cc(C2SCCC(=O)N2Cc2cccnc2)ccc1OC. The molecule has 1 amide bonds. The maximum absolute atomic E-state index is 12.6. The van der Waals surface area contributed by atoms with E-state index in [0.717, 1.165) is 16.9 Å². The summed E-state index contributed by atoms with van der Waals surface area (Å²) >= 11 is 1.78. The fourth-order valence-electron chi connectivity index (χ4n) is 2.87. The van der Waals surface area contributed by atoms with Crippen molar-refractivity contribution in [2.45, 2.75) is 25.3 Å². The van der Waals surface area contributed by atoms with Crippen molar-refractivity contribution in [3.8, 4) is 11.5 Å². The molecule has 0 spiro atoms. The number of methoxy groups -OCH3 is 1. The summed E-state index contributed by atoms with van der Waals surface area (Å²) in [5.41, 5.74) is 2.08. The van der Waals surface area contributed by atoms with Crippen LogP contribution in [0.5, 0.6) is 11.5 Å². The van der Waals surface area contributed by atoms with Crippen LogP contribution in [0.3, 0.4) is 0 Å². The Hall–Kier alpha value is -2.21. The normalized spacial score (nSPS) is 17.4. The molecular weight excluding hydrogens is 336 g/mol. The van der Waals surface area contributed by atoms with Crippen molar-refractivity contribution in [2.24, 2.45) is 0 Å². The molecule has 5 nitrogen and oxygen atoms in total. The molecule has 3 rings (SSSR count). The van der Waals surface area contributed by atoms with Gasteiger partial charge in [0.2, 0.25) is 5.91 Å². The minimum atomic E-state index is -0.0356. The number of ether oxygens (including phenoxy) is 2. The van der Waals surface area contributed by atoms with Crippen molar-refractivity contribution >= 4 is 17.7 Å². The van der Waals surface area contributed by atoms with Gasteiger partial charge in [-0.2, -0.15) is 0 Å². The first kappa shape index (κ1) is 17.6. The Morgan fingerprint density at radius 3 is 2.92 bits per heavy atom. The molecule has 2 heterocycles. The lowest BCUT2D eigenvalue weighted by Gasteiger charge is -2.35. The number of carbonyl (C=O) groups is 1. The molecule has 1 aromatic carbocycles. The highest BCUT2D eigenvalue weighted by molar-refractivity contribution is 7.99. The number of hydrogen-bond acceptors (Lipinski definition) is 5. The van der Waals surface area contributed by atoms with E-state index in [1.807, 2.05) is 48.4 Å². The Bertz CT molecular complexity index is 724. The van der Waals surface area contributed by atoms with E-state index in [9.17, 15) is 4.79 Å². The summed E-state index contributed by atoms with van der Waals surface area (Å²) in [5.74, 6) is 2.41. The Kier molecular flexibility index (Phi) is 5.81. The summed E-state index contributed by atoms with van der Waals surface area (Å²) < 4.78 is 11.1. The molecule has 132 valence electrons. The number of amides is 1. The van der Waals surface area contributed by atoms with Crippen LogP contribution in [-0.4, -0.2) is 35.3 Å². The van der Waals surface area contributed by atoms with Crippen LogP contribution in [0.4, 0.5) is 0 Å². The van der Waals surface area contributed by atoms with E-state index in [1.165, 1.54) is 0 Å². The van der Waals surface area contributed by atoms with Crippen molar-refractivity contribution in [3.05, 3.63) is 53.9 Å². The first-order valence-electron chi connectivity index (χ1n) is 8.33. The van der Waals surface area contributed by atoms with Gasteiger partial charge in [0.15, 0.2) is 11.5 Å². The zero-order valence-electron chi connectivity index (χ0n) is 14.5. The molecule has 1 aliphatic heterocycles. The predicted molar refractivity (Wildman–Crippen MR) is 98.8 cm³/mol. The van der Waals surface area contributed by atoms with Gasteiger partial charge in [-0.15, -0.1) is 11.8 Å². The highest BCUT2D eigenvalue weighted by Gasteiger charge is 2.30. The van der Waals surface area contributed by atoms with Gasteiger partial charge in [-0.1, -0.05) is 12.1 Å². The summed E-state index contributed by atoms with van der Waals surface area (Å²) in [6.45, 7) is 3.07. The molecule has 1 aliphatic rings. The second-order valence-electron chi connectivity index (χ2n) is 5.70. The average Bonchev–Trinajstić information content (AvgIpc) is 2.64. The van der Waals surface area contributed by atoms with Gasteiger partial charge < -0.3 is 14.4 Å². The van der Waals surface area contributed by atoms with Crippen molar-refractivity contribution < 1.29 is 14.3 Å². The molecule has 1 atom stereocenters. The number of pyridine rings is 1. The van der Waals surface area contributed by atoms with Crippen LogP contribution in [0, 0.1) is 0 Å². The summed E-state index contributed by atoms with van der Waals surface area (Å²) in [4.78, 5) is 18.6. The van der Waals surface area contributed by atoms with E-state index in [2.05, 4.69) is 4.98 Å². The van der Waals surface area contributed by atoms with Gasteiger partial charge >= 0.3 is 0 Å². The maximum Gasteiger partial charge on any atom is 0.224 e. The van der Waals surface area contributed by atoms with Gasteiger partial charge in [0.1, 0.15) is 5.37 Å². The highest BCUT2D eigenvalue weighted by atomic mass is 32.2. The Balaban J connectivity index is 1.89. The topological polar surface area (TPSA) is 51.7 Å². The molecule has 1 aromatic heterocycles. The number of hydrogen-bond donors (Lipinski definition) is 0. The minimum absolute atomic E-state index is 0.0356. The highest BCUT2D eigenvalue weighted by Crippen LogP contribution is 2.41. The van der Waals surface area contributed by atoms with Crippen molar-refractivity contribution in [1.29, 1.82) is 0 Å². The fourth-order valence-corrected chi connectivity index (χ4v) is 4.10. The lowest BCUT2D eigenvalue weighted by Crippen LogP contribution is -2.36. The lowest BCUT2D eigenvalue weighted by molar-refractivity contribution is -0.132. The summed E-state index contributed by atoms with van der Waals surface area (Å²) in [6, 6.07) is 9.79. The van der Waals surface area contributed by atoms with Crippen molar-refractivity contribution in [1.82, 2.24) is 9.88 Å². The van der Waals surface area contributed by atoms with Gasteiger partial charge in [0.05, 0.1) is 13.7 Å². The predicted octanol–water partition coefficient (Wildman–Crippen LogP) is 3.65. The van der Waals surface area contributed by atoms with Crippen LogP contribution in [0.1, 0.15) is 29.8 Å².